The van der Waals surface area contributed by atoms with Crippen molar-refractivity contribution in [2.75, 3.05) is 16.0 Å². The molecule has 1 heterocycles. The van der Waals surface area contributed by atoms with Gasteiger partial charge in [0.05, 0.1) is 16.2 Å². The first-order valence-corrected chi connectivity index (χ1v) is 9.31. The molecule has 1 aliphatic rings. The monoisotopic (exact) mass is 384 g/mol. The highest BCUT2D eigenvalue weighted by Crippen LogP contribution is 2.39. The Morgan fingerprint density at radius 1 is 1.07 bits per heavy atom. The molecule has 27 heavy (non-hydrogen) atoms. The number of imide groups is 1. The fourth-order valence-corrected chi connectivity index (χ4v) is 3.67. The van der Waals surface area contributed by atoms with Crippen LogP contribution in [-0.2, 0) is 14.4 Å². The maximum absolute atomic E-state index is 14.2. The molecular weight excluding hydrogens is 367 g/mol. The van der Waals surface area contributed by atoms with Crippen molar-refractivity contribution in [2.45, 2.75) is 13.8 Å². The van der Waals surface area contributed by atoms with E-state index in [1.165, 1.54) is 36.9 Å². The van der Waals surface area contributed by atoms with Crippen LogP contribution in [0.15, 0.2) is 53.4 Å². The van der Waals surface area contributed by atoms with E-state index >= 15 is 0 Å². The first-order valence-electron chi connectivity index (χ1n) is 8.32. The quantitative estimate of drug-likeness (QED) is 0.796. The summed E-state index contributed by atoms with van der Waals surface area (Å²) in [5, 5.41) is 2.65. The van der Waals surface area contributed by atoms with E-state index in [4.69, 9.17) is 0 Å². The van der Waals surface area contributed by atoms with Gasteiger partial charge in [-0.05, 0) is 35.6 Å². The van der Waals surface area contributed by atoms with E-state index in [1.54, 1.807) is 30.3 Å². The van der Waals surface area contributed by atoms with Crippen LogP contribution in [0.5, 0.6) is 0 Å². The molecule has 0 bridgehead atoms. The fourth-order valence-electron chi connectivity index (χ4n) is 2.82. The summed E-state index contributed by atoms with van der Waals surface area (Å²) in [6.45, 7) is 3.27. The Morgan fingerprint density at radius 2 is 1.74 bits per heavy atom. The summed E-state index contributed by atoms with van der Waals surface area (Å²) in [5.41, 5.74) is 1.30. The van der Waals surface area contributed by atoms with Crippen molar-refractivity contribution in [1.82, 2.24) is 0 Å². The van der Waals surface area contributed by atoms with Crippen LogP contribution >= 0.6 is 11.8 Å². The predicted molar refractivity (Wildman–Crippen MR) is 105 cm³/mol. The molecule has 1 N–H and O–H groups in total. The van der Waals surface area contributed by atoms with Crippen molar-refractivity contribution in [1.29, 1.82) is 0 Å². The van der Waals surface area contributed by atoms with Crippen LogP contribution < -0.4 is 10.2 Å². The number of rotatable bonds is 5. The number of carbonyl (C=O) groups is 3. The predicted octanol–water partition coefficient (Wildman–Crippen LogP) is 3.82. The number of carbonyl (C=O) groups excluding carboxylic acids is 3. The van der Waals surface area contributed by atoms with Crippen molar-refractivity contribution in [3.05, 3.63) is 64.8 Å². The number of thioether (sulfide) groups is 1. The minimum Gasteiger partial charge on any atom is -0.326 e. The summed E-state index contributed by atoms with van der Waals surface area (Å²) >= 11 is 1.25. The van der Waals surface area contributed by atoms with E-state index in [-0.39, 0.29) is 22.1 Å². The van der Waals surface area contributed by atoms with Gasteiger partial charge in [0, 0.05) is 12.6 Å². The normalized spacial score (nSPS) is 14.1. The summed E-state index contributed by atoms with van der Waals surface area (Å²) in [7, 11) is 0. The van der Waals surface area contributed by atoms with E-state index in [1.807, 2.05) is 6.92 Å². The number of hydrogen-bond donors (Lipinski definition) is 1. The van der Waals surface area contributed by atoms with E-state index in [0.29, 0.717) is 17.0 Å². The van der Waals surface area contributed by atoms with E-state index in [2.05, 4.69) is 5.32 Å². The molecule has 0 unspecified atom stereocenters. The molecule has 138 valence electrons. The van der Waals surface area contributed by atoms with Crippen LogP contribution in [0.2, 0.25) is 0 Å². The van der Waals surface area contributed by atoms with Crippen LogP contribution in [0, 0.1) is 5.82 Å². The van der Waals surface area contributed by atoms with Gasteiger partial charge in [-0.25, -0.2) is 9.29 Å². The average molecular weight is 384 g/mol. The van der Waals surface area contributed by atoms with Crippen molar-refractivity contribution in [2.24, 2.45) is 0 Å². The number of halogens is 1. The minimum absolute atomic E-state index is 0.0634. The standard InChI is InChI=1S/C20H17FN2O3S/c1-3-27-18-17(13-8-10-14(11-9-13)22-12(2)24)19(25)23(20(18)26)16-7-5-4-6-15(16)21/h4-11H,3H2,1-2H3,(H,22,24). The molecule has 0 saturated carbocycles. The smallest absolute Gasteiger partial charge is 0.272 e. The Bertz CT molecular complexity index is 954. The van der Waals surface area contributed by atoms with Crippen LogP contribution in [0.25, 0.3) is 5.57 Å². The Kier molecular flexibility index (Phi) is 5.41. The molecule has 0 spiro atoms. The lowest BCUT2D eigenvalue weighted by Gasteiger charge is -2.15. The molecular formula is C20H17FN2O3S. The second kappa shape index (κ2) is 7.75. The van der Waals surface area contributed by atoms with E-state index in [9.17, 15) is 18.8 Å². The van der Waals surface area contributed by atoms with Crippen molar-refractivity contribution < 1.29 is 18.8 Å². The second-order valence-electron chi connectivity index (χ2n) is 5.79. The molecule has 0 aliphatic carbocycles. The fraction of sp³-hybridized carbons (Fsp3) is 0.150. The molecule has 0 aromatic heterocycles. The molecule has 0 fully saturated rings. The summed E-state index contributed by atoms with van der Waals surface area (Å²) in [6, 6.07) is 12.3. The number of nitrogens with one attached hydrogen (secondary N) is 1. The van der Waals surface area contributed by atoms with Crippen molar-refractivity contribution >= 4 is 46.4 Å². The number of hydrogen-bond acceptors (Lipinski definition) is 4. The third kappa shape index (κ3) is 3.64. The van der Waals surface area contributed by atoms with Gasteiger partial charge >= 0.3 is 0 Å². The zero-order chi connectivity index (χ0) is 19.6. The molecule has 1 aliphatic heterocycles. The van der Waals surface area contributed by atoms with Crippen molar-refractivity contribution in [3.63, 3.8) is 0 Å². The van der Waals surface area contributed by atoms with E-state index < -0.39 is 17.6 Å². The highest BCUT2D eigenvalue weighted by atomic mass is 32.2. The topological polar surface area (TPSA) is 66.5 Å². The van der Waals surface area contributed by atoms with Gasteiger partial charge in [0.15, 0.2) is 0 Å². The largest absolute Gasteiger partial charge is 0.326 e. The van der Waals surface area contributed by atoms with E-state index in [0.717, 1.165) is 4.90 Å². The maximum Gasteiger partial charge on any atom is 0.272 e. The number of benzene rings is 2. The number of amides is 3. The molecule has 7 heteroatoms. The van der Waals surface area contributed by atoms with Crippen LogP contribution in [0.3, 0.4) is 0 Å². The minimum atomic E-state index is -0.637. The first kappa shape index (κ1) is 18.8. The first-order chi connectivity index (χ1) is 12.9. The third-order valence-electron chi connectivity index (χ3n) is 3.92. The molecule has 2 aromatic carbocycles. The number of nitrogens with zero attached hydrogens (tertiary/aromatic N) is 1. The van der Waals surface area contributed by atoms with Crippen LogP contribution in [-0.4, -0.2) is 23.5 Å². The molecule has 0 saturated heterocycles. The van der Waals surface area contributed by atoms with Crippen molar-refractivity contribution in [3.8, 4) is 0 Å². The van der Waals surface area contributed by atoms with Gasteiger partial charge < -0.3 is 5.32 Å². The van der Waals surface area contributed by atoms with Gasteiger partial charge in [0.2, 0.25) is 5.91 Å². The highest BCUT2D eigenvalue weighted by molar-refractivity contribution is 8.04. The number of para-hydroxylation sites is 1. The van der Waals surface area contributed by atoms with Crippen LogP contribution in [0.1, 0.15) is 19.4 Å². The lowest BCUT2D eigenvalue weighted by Crippen LogP contribution is -2.32. The molecule has 2 aromatic rings. The third-order valence-corrected chi connectivity index (χ3v) is 4.87. The molecule has 3 amide bonds. The Hall–Kier alpha value is -2.93. The summed E-state index contributed by atoms with van der Waals surface area (Å²) < 4.78 is 14.2. The Morgan fingerprint density at radius 3 is 2.33 bits per heavy atom. The molecule has 0 radical (unpaired) electrons. The highest BCUT2D eigenvalue weighted by Gasteiger charge is 2.40. The van der Waals surface area contributed by atoms with Gasteiger partial charge in [-0.1, -0.05) is 31.2 Å². The van der Waals surface area contributed by atoms with Crippen LogP contribution in [0.4, 0.5) is 15.8 Å². The summed E-state index contributed by atoms with van der Waals surface area (Å²) in [4.78, 5) is 38.2. The Balaban J connectivity index is 2.03. The van der Waals surface area contributed by atoms with Gasteiger partial charge in [-0.15, -0.1) is 11.8 Å². The lowest BCUT2D eigenvalue weighted by molar-refractivity contribution is -0.120. The number of anilines is 2. The summed E-state index contributed by atoms with van der Waals surface area (Å²) in [5.74, 6) is -1.34. The maximum atomic E-state index is 14.2. The molecule has 5 nitrogen and oxygen atoms in total. The Labute approximate surface area is 160 Å². The van der Waals surface area contributed by atoms with Gasteiger partial charge in [0.1, 0.15) is 5.82 Å². The molecule has 3 rings (SSSR count). The van der Waals surface area contributed by atoms with Gasteiger partial charge in [-0.2, -0.15) is 0 Å². The summed E-state index contributed by atoms with van der Waals surface area (Å²) in [6.07, 6.45) is 0. The zero-order valence-corrected chi connectivity index (χ0v) is 15.6. The zero-order valence-electron chi connectivity index (χ0n) is 14.8. The lowest BCUT2D eigenvalue weighted by atomic mass is 10.1. The van der Waals surface area contributed by atoms with Gasteiger partial charge in [-0.3, -0.25) is 14.4 Å². The second-order valence-corrected chi connectivity index (χ2v) is 7.07. The van der Waals surface area contributed by atoms with Gasteiger partial charge in [0.25, 0.3) is 11.8 Å². The average Bonchev–Trinajstić information content (AvgIpc) is 2.87. The molecule has 0 atom stereocenters. The SMILES string of the molecule is CCSC1=C(c2ccc(NC(C)=O)cc2)C(=O)N(c2ccccc2F)C1=O.